The summed E-state index contributed by atoms with van der Waals surface area (Å²) in [6.07, 6.45) is 6.30. The lowest BCUT2D eigenvalue weighted by atomic mass is 9.87. The molecule has 3 fully saturated rings. The van der Waals surface area contributed by atoms with Crippen molar-refractivity contribution < 1.29 is 13.2 Å². The average molecular weight is 299 g/mol. The minimum absolute atomic E-state index is 0.0634. The Kier molecular flexibility index (Phi) is 3.82. The third-order valence-electron chi connectivity index (χ3n) is 5.45. The van der Waals surface area contributed by atoms with Gasteiger partial charge in [0.1, 0.15) is 0 Å². The van der Waals surface area contributed by atoms with Crippen LogP contribution in [0.5, 0.6) is 0 Å². The molecule has 2 bridgehead atoms. The van der Waals surface area contributed by atoms with E-state index in [-0.39, 0.29) is 29.4 Å². The van der Waals surface area contributed by atoms with E-state index in [2.05, 4.69) is 6.92 Å². The zero-order chi connectivity index (χ0) is 14.3. The summed E-state index contributed by atoms with van der Waals surface area (Å²) in [6.45, 7) is 2.78. The van der Waals surface area contributed by atoms with E-state index in [1.807, 2.05) is 4.90 Å². The van der Waals surface area contributed by atoms with Gasteiger partial charge >= 0.3 is 0 Å². The van der Waals surface area contributed by atoms with Gasteiger partial charge < -0.3 is 4.90 Å². The molecule has 0 spiro atoms. The molecule has 0 aromatic carbocycles. The summed E-state index contributed by atoms with van der Waals surface area (Å²) in [5.41, 5.74) is 0. The molecule has 3 aliphatic rings. The van der Waals surface area contributed by atoms with Gasteiger partial charge in [0.05, 0.1) is 11.5 Å². The molecule has 1 aliphatic heterocycles. The first-order valence-electron chi connectivity index (χ1n) is 8.01. The van der Waals surface area contributed by atoms with Crippen molar-refractivity contribution in [2.45, 2.75) is 51.5 Å². The maximum absolute atomic E-state index is 12.9. The van der Waals surface area contributed by atoms with Crippen LogP contribution in [0.3, 0.4) is 0 Å². The van der Waals surface area contributed by atoms with Crippen molar-refractivity contribution in [3.63, 3.8) is 0 Å². The van der Waals surface area contributed by atoms with E-state index in [0.29, 0.717) is 18.9 Å². The Morgan fingerprint density at radius 1 is 1.20 bits per heavy atom. The molecule has 3 rings (SSSR count). The number of nitrogens with zero attached hydrogens (tertiary/aromatic N) is 1. The minimum Gasteiger partial charge on any atom is -0.338 e. The summed E-state index contributed by atoms with van der Waals surface area (Å²) in [5.74, 6) is 2.20. The average Bonchev–Trinajstić information content (AvgIpc) is 3.09. The smallest absolute Gasteiger partial charge is 0.226 e. The Morgan fingerprint density at radius 3 is 2.50 bits per heavy atom. The first-order valence-corrected chi connectivity index (χ1v) is 9.83. The van der Waals surface area contributed by atoms with E-state index >= 15 is 0 Å². The van der Waals surface area contributed by atoms with E-state index in [1.54, 1.807) is 0 Å². The SMILES string of the molecule is CCCN(C(=O)C1CC2CCC1C2)C1CCS(=O)(=O)C1. The fraction of sp³-hybridized carbons (Fsp3) is 0.933. The largest absolute Gasteiger partial charge is 0.338 e. The molecular formula is C15H25NO3S. The van der Waals surface area contributed by atoms with E-state index in [1.165, 1.54) is 19.3 Å². The van der Waals surface area contributed by atoms with Crippen molar-refractivity contribution >= 4 is 15.7 Å². The highest BCUT2D eigenvalue weighted by Crippen LogP contribution is 2.49. The van der Waals surface area contributed by atoms with Gasteiger partial charge in [-0.25, -0.2) is 8.42 Å². The zero-order valence-corrected chi connectivity index (χ0v) is 13.1. The Bertz CT molecular complexity index is 487. The Hall–Kier alpha value is -0.580. The number of carbonyl (C=O) groups excluding carboxylic acids is 1. The zero-order valence-electron chi connectivity index (χ0n) is 12.3. The van der Waals surface area contributed by atoms with Crippen LogP contribution in [0.25, 0.3) is 0 Å². The van der Waals surface area contributed by atoms with Gasteiger partial charge in [0.25, 0.3) is 0 Å². The molecule has 114 valence electrons. The number of hydrogen-bond acceptors (Lipinski definition) is 3. The fourth-order valence-corrected chi connectivity index (χ4v) is 6.23. The van der Waals surface area contributed by atoms with E-state index in [0.717, 1.165) is 18.8 Å². The second-order valence-electron chi connectivity index (χ2n) is 6.87. The number of carbonyl (C=O) groups is 1. The molecule has 4 unspecified atom stereocenters. The van der Waals surface area contributed by atoms with Gasteiger partial charge in [-0.05, 0) is 43.9 Å². The molecule has 2 saturated carbocycles. The minimum atomic E-state index is -2.92. The van der Waals surface area contributed by atoms with E-state index in [4.69, 9.17) is 0 Å². The summed E-state index contributed by atoms with van der Waals surface area (Å²) in [5, 5.41) is 0. The molecule has 0 aromatic rings. The number of fused-ring (bicyclic) bond motifs is 2. The van der Waals surface area contributed by atoms with Gasteiger partial charge in [0, 0.05) is 18.5 Å². The third kappa shape index (κ3) is 2.61. The maximum Gasteiger partial charge on any atom is 0.226 e. The van der Waals surface area contributed by atoms with Crippen molar-refractivity contribution in [2.24, 2.45) is 17.8 Å². The summed E-state index contributed by atoms with van der Waals surface area (Å²) < 4.78 is 23.4. The van der Waals surface area contributed by atoms with Crippen molar-refractivity contribution in [3.05, 3.63) is 0 Å². The van der Waals surface area contributed by atoms with Gasteiger partial charge in [0.2, 0.25) is 5.91 Å². The Balaban J connectivity index is 1.72. The third-order valence-corrected chi connectivity index (χ3v) is 7.20. The predicted molar refractivity (Wildman–Crippen MR) is 78.0 cm³/mol. The maximum atomic E-state index is 12.9. The molecule has 1 amide bonds. The summed E-state index contributed by atoms with van der Waals surface area (Å²) in [7, 11) is -2.92. The van der Waals surface area contributed by atoms with Crippen LogP contribution in [0.2, 0.25) is 0 Å². The normalized spacial score (nSPS) is 38.2. The highest BCUT2D eigenvalue weighted by Gasteiger charge is 2.46. The molecular weight excluding hydrogens is 274 g/mol. The lowest BCUT2D eigenvalue weighted by Gasteiger charge is -2.33. The van der Waals surface area contributed by atoms with E-state index < -0.39 is 9.84 Å². The van der Waals surface area contributed by atoms with Crippen LogP contribution in [0, 0.1) is 17.8 Å². The molecule has 1 heterocycles. The second-order valence-corrected chi connectivity index (χ2v) is 9.10. The highest BCUT2D eigenvalue weighted by molar-refractivity contribution is 7.91. The van der Waals surface area contributed by atoms with Crippen LogP contribution >= 0.6 is 0 Å². The van der Waals surface area contributed by atoms with Gasteiger partial charge in [-0.2, -0.15) is 0 Å². The number of rotatable bonds is 4. The monoisotopic (exact) mass is 299 g/mol. The summed E-state index contributed by atoms with van der Waals surface area (Å²) in [6, 6.07) is -0.0634. The number of amides is 1. The van der Waals surface area contributed by atoms with Crippen molar-refractivity contribution in [1.29, 1.82) is 0 Å². The highest BCUT2D eigenvalue weighted by atomic mass is 32.2. The molecule has 1 saturated heterocycles. The Morgan fingerprint density at radius 2 is 2.00 bits per heavy atom. The lowest BCUT2D eigenvalue weighted by molar-refractivity contribution is -0.139. The van der Waals surface area contributed by atoms with Crippen molar-refractivity contribution in [1.82, 2.24) is 4.90 Å². The van der Waals surface area contributed by atoms with Crippen LogP contribution in [-0.2, 0) is 14.6 Å². The standard InChI is InChI=1S/C15H25NO3S/c1-2-6-16(13-5-7-20(18,19)10-13)15(17)14-9-11-3-4-12(14)8-11/h11-14H,2-10H2,1H3. The first kappa shape index (κ1) is 14.4. The van der Waals surface area contributed by atoms with Crippen LogP contribution < -0.4 is 0 Å². The predicted octanol–water partition coefficient (Wildman–Crippen LogP) is 1.85. The van der Waals surface area contributed by atoms with E-state index in [9.17, 15) is 13.2 Å². The molecule has 0 aromatic heterocycles. The van der Waals surface area contributed by atoms with Crippen LogP contribution in [0.15, 0.2) is 0 Å². The molecule has 2 aliphatic carbocycles. The van der Waals surface area contributed by atoms with Gasteiger partial charge in [-0.1, -0.05) is 13.3 Å². The van der Waals surface area contributed by atoms with Crippen LogP contribution in [-0.4, -0.2) is 43.3 Å². The van der Waals surface area contributed by atoms with Crippen molar-refractivity contribution in [2.75, 3.05) is 18.1 Å². The molecule has 4 atom stereocenters. The van der Waals surface area contributed by atoms with Crippen LogP contribution in [0.1, 0.15) is 45.4 Å². The molecule has 0 radical (unpaired) electrons. The molecule has 20 heavy (non-hydrogen) atoms. The fourth-order valence-electron chi connectivity index (χ4n) is 4.49. The van der Waals surface area contributed by atoms with Gasteiger partial charge in [-0.15, -0.1) is 0 Å². The summed E-state index contributed by atoms with van der Waals surface area (Å²) in [4.78, 5) is 14.8. The molecule has 0 N–H and O–H groups in total. The lowest BCUT2D eigenvalue weighted by Crippen LogP contribution is -2.45. The number of hydrogen-bond donors (Lipinski definition) is 0. The quantitative estimate of drug-likeness (QED) is 0.796. The molecule has 4 nitrogen and oxygen atoms in total. The first-order chi connectivity index (χ1) is 9.50. The van der Waals surface area contributed by atoms with Crippen LogP contribution in [0.4, 0.5) is 0 Å². The van der Waals surface area contributed by atoms with Gasteiger partial charge in [-0.3, -0.25) is 4.79 Å². The van der Waals surface area contributed by atoms with Crippen molar-refractivity contribution in [3.8, 4) is 0 Å². The molecule has 5 heteroatoms. The van der Waals surface area contributed by atoms with Gasteiger partial charge in [0.15, 0.2) is 9.84 Å². The number of sulfone groups is 1. The summed E-state index contributed by atoms with van der Waals surface area (Å²) >= 11 is 0. The second kappa shape index (κ2) is 5.32. The topological polar surface area (TPSA) is 54.5 Å². The Labute approximate surface area is 121 Å².